The Morgan fingerprint density at radius 1 is 1.11 bits per heavy atom. The lowest BCUT2D eigenvalue weighted by Gasteiger charge is -2.26. The van der Waals surface area contributed by atoms with Gasteiger partial charge >= 0.3 is 6.03 Å². The van der Waals surface area contributed by atoms with Crippen molar-refractivity contribution in [2.45, 2.75) is 37.4 Å². The highest BCUT2D eigenvalue weighted by Gasteiger charge is 2.17. The first-order valence-electron chi connectivity index (χ1n) is 8.90. The van der Waals surface area contributed by atoms with Crippen LogP contribution in [-0.4, -0.2) is 45.9 Å². The van der Waals surface area contributed by atoms with Gasteiger partial charge in [-0.2, -0.15) is 0 Å². The van der Waals surface area contributed by atoms with Crippen molar-refractivity contribution >= 4 is 45.9 Å². The molecule has 1 aromatic carbocycles. The first-order valence-corrected chi connectivity index (χ1v) is 10.7. The molecule has 3 amide bonds. The summed E-state index contributed by atoms with van der Waals surface area (Å²) in [7, 11) is 0. The second-order valence-electron chi connectivity index (χ2n) is 6.48. The molecule has 27 heavy (non-hydrogen) atoms. The second kappa shape index (κ2) is 9.18. The molecule has 2 N–H and O–H groups in total. The van der Waals surface area contributed by atoms with E-state index >= 15 is 0 Å². The Kier molecular flexibility index (Phi) is 6.68. The molecule has 144 valence electrons. The Morgan fingerprint density at radius 2 is 1.89 bits per heavy atom. The van der Waals surface area contributed by atoms with Gasteiger partial charge in [0.2, 0.25) is 11.0 Å². The summed E-state index contributed by atoms with van der Waals surface area (Å²) in [5, 5.41) is 13.9. The summed E-state index contributed by atoms with van der Waals surface area (Å²) in [6.45, 7) is 5.72. The maximum Gasteiger partial charge on any atom is 0.325 e. The maximum absolute atomic E-state index is 12.2. The molecular formula is C18H23N5O2S2. The molecule has 1 aliphatic rings. The van der Waals surface area contributed by atoms with Gasteiger partial charge in [-0.3, -0.25) is 10.1 Å². The fourth-order valence-electron chi connectivity index (χ4n) is 2.76. The highest BCUT2D eigenvalue weighted by Crippen LogP contribution is 2.26. The molecule has 1 aromatic heterocycles. The van der Waals surface area contributed by atoms with Gasteiger partial charge in [0.05, 0.1) is 5.75 Å². The first kappa shape index (κ1) is 19.6. The van der Waals surface area contributed by atoms with Crippen LogP contribution in [0.25, 0.3) is 0 Å². The van der Waals surface area contributed by atoms with Crippen molar-refractivity contribution in [2.75, 3.05) is 29.5 Å². The SMILES string of the molecule is Cc1ccc(NC(=O)Nc2nnc(SCC(=O)N3CCCCC3)s2)cc1C. The van der Waals surface area contributed by atoms with Crippen molar-refractivity contribution < 1.29 is 9.59 Å². The maximum atomic E-state index is 12.2. The zero-order valence-electron chi connectivity index (χ0n) is 15.4. The number of urea groups is 1. The summed E-state index contributed by atoms with van der Waals surface area (Å²) in [5.41, 5.74) is 3.01. The number of rotatable bonds is 5. The molecule has 0 atom stereocenters. The molecule has 2 aromatic rings. The van der Waals surface area contributed by atoms with Gasteiger partial charge < -0.3 is 10.2 Å². The number of anilines is 2. The van der Waals surface area contributed by atoms with Gasteiger partial charge in [0, 0.05) is 18.8 Å². The minimum atomic E-state index is -0.365. The number of nitrogens with zero attached hydrogens (tertiary/aromatic N) is 3. The number of amides is 3. The van der Waals surface area contributed by atoms with Crippen molar-refractivity contribution in [3.63, 3.8) is 0 Å². The van der Waals surface area contributed by atoms with E-state index < -0.39 is 0 Å². The number of hydrogen-bond donors (Lipinski definition) is 2. The average molecular weight is 406 g/mol. The van der Waals surface area contributed by atoms with E-state index in [4.69, 9.17) is 0 Å². The molecule has 9 heteroatoms. The van der Waals surface area contributed by atoms with Crippen LogP contribution in [0.1, 0.15) is 30.4 Å². The molecule has 7 nitrogen and oxygen atoms in total. The fourth-order valence-corrected chi connectivity index (χ4v) is 4.41. The van der Waals surface area contributed by atoms with Crippen LogP contribution in [0.2, 0.25) is 0 Å². The smallest absolute Gasteiger partial charge is 0.325 e. The lowest BCUT2D eigenvalue weighted by atomic mass is 10.1. The van der Waals surface area contributed by atoms with Crippen LogP contribution in [0, 0.1) is 13.8 Å². The largest absolute Gasteiger partial charge is 0.342 e. The van der Waals surface area contributed by atoms with Gasteiger partial charge in [-0.25, -0.2) is 4.79 Å². The Balaban J connectivity index is 1.47. The standard InChI is InChI=1S/C18H23N5O2S2/c1-12-6-7-14(10-13(12)2)19-16(25)20-17-21-22-18(27-17)26-11-15(24)23-8-4-3-5-9-23/h6-7,10H,3-5,8-9,11H2,1-2H3,(H2,19,20,21,25). The zero-order valence-corrected chi connectivity index (χ0v) is 17.1. The number of likely N-dealkylation sites (tertiary alicyclic amines) is 1. The minimum absolute atomic E-state index is 0.136. The van der Waals surface area contributed by atoms with E-state index in [9.17, 15) is 9.59 Å². The van der Waals surface area contributed by atoms with Crippen molar-refractivity contribution in [1.82, 2.24) is 15.1 Å². The van der Waals surface area contributed by atoms with Crippen LogP contribution in [0.3, 0.4) is 0 Å². The third-order valence-electron chi connectivity index (χ3n) is 4.42. The van der Waals surface area contributed by atoms with Gasteiger partial charge in [-0.15, -0.1) is 10.2 Å². The quantitative estimate of drug-likeness (QED) is 0.582. The molecule has 1 fully saturated rings. The second-order valence-corrected chi connectivity index (χ2v) is 8.68. The van der Waals surface area contributed by atoms with E-state index in [-0.39, 0.29) is 11.9 Å². The third-order valence-corrected chi connectivity index (χ3v) is 6.38. The van der Waals surface area contributed by atoms with Gasteiger partial charge in [0.1, 0.15) is 0 Å². The number of aromatic nitrogens is 2. The number of hydrogen-bond acceptors (Lipinski definition) is 6. The summed E-state index contributed by atoms with van der Waals surface area (Å²) in [4.78, 5) is 26.2. The summed E-state index contributed by atoms with van der Waals surface area (Å²) in [6, 6.07) is 5.37. The van der Waals surface area contributed by atoms with Crippen LogP contribution in [0.5, 0.6) is 0 Å². The number of carbonyl (C=O) groups is 2. The average Bonchev–Trinajstić information content (AvgIpc) is 3.10. The Morgan fingerprint density at radius 3 is 2.63 bits per heavy atom. The first-order chi connectivity index (χ1) is 13.0. The number of nitrogens with one attached hydrogen (secondary N) is 2. The molecule has 0 aliphatic carbocycles. The lowest BCUT2D eigenvalue weighted by Crippen LogP contribution is -2.36. The molecule has 1 aliphatic heterocycles. The van der Waals surface area contributed by atoms with E-state index in [1.54, 1.807) is 0 Å². The summed E-state index contributed by atoms with van der Waals surface area (Å²) in [6.07, 6.45) is 3.37. The Hall–Kier alpha value is -2.13. The predicted octanol–water partition coefficient (Wildman–Crippen LogP) is 3.90. The highest BCUT2D eigenvalue weighted by molar-refractivity contribution is 8.01. The van der Waals surface area contributed by atoms with E-state index in [0.29, 0.717) is 15.2 Å². The van der Waals surface area contributed by atoms with Crippen LogP contribution >= 0.6 is 23.1 Å². The highest BCUT2D eigenvalue weighted by atomic mass is 32.2. The number of thioether (sulfide) groups is 1. The molecule has 0 saturated carbocycles. The van der Waals surface area contributed by atoms with E-state index in [1.807, 2.05) is 36.9 Å². The topological polar surface area (TPSA) is 87.2 Å². The van der Waals surface area contributed by atoms with E-state index in [0.717, 1.165) is 37.2 Å². The van der Waals surface area contributed by atoms with Crippen molar-refractivity contribution in [2.24, 2.45) is 0 Å². The zero-order chi connectivity index (χ0) is 19.2. The molecular weight excluding hydrogens is 382 g/mol. The molecule has 1 saturated heterocycles. The number of aryl methyl sites for hydroxylation is 2. The normalized spacial score (nSPS) is 14.1. The summed E-state index contributed by atoms with van der Waals surface area (Å²) < 4.78 is 0.668. The van der Waals surface area contributed by atoms with Gasteiger partial charge in [-0.05, 0) is 56.4 Å². The molecule has 0 radical (unpaired) electrons. The monoisotopic (exact) mass is 405 g/mol. The predicted molar refractivity (Wildman–Crippen MR) is 110 cm³/mol. The third kappa shape index (κ3) is 5.67. The van der Waals surface area contributed by atoms with Gasteiger partial charge in [-0.1, -0.05) is 29.2 Å². The van der Waals surface area contributed by atoms with Crippen molar-refractivity contribution in [1.29, 1.82) is 0 Å². The molecule has 3 rings (SSSR count). The van der Waals surface area contributed by atoms with E-state index in [1.165, 1.54) is 35.1 Å². The van der Waals surface area contributed by atoms with Gasteiger partial charge in [0.15, 0.2) is 4.34 Å². The van der Waals surface area contributed by atoms with Crippen LogP contribution in [0.15, 0.2) is 22.5 Å². The molecule has 0 unspecified atom stereocenters. The van der Waals surface area contributed by atoms with Crippen LogP contribution < -0.4 is 10.6 Å². The summed E-state index contributed by atoms with van der Waals surface area (Å²) >= 11 is 2.62. The van der Waals surface area contributed by atoms with Crippen molar-refractivity contribution in [3.8, 4) is 0 Å². The minimum Gasteiger partial charge on any atom is -0.342 e. The fraction of sp³-hybridized carbons (Fsp3) is 0.444. The Bertz CT molecular complexity index is 818. The number of carbonyl (C=O) groups excluding carboxylic acids is 2. The number of benzene rings is 1. The van der Waals surface area contributed by atoms with Crippen LogP contribution in [-0.2, 0) is 4.79 Å². The summed E-state index contributed by atoms with van der Waals surface area (Å²) in [5.74, 6) is 0.487. The molecule has 2 heterocycles. The van der Waals surface area contributed by atoms with E-state index in [2.05, 4.69) is 20.8 Å². The van der Waals surface area contributed by atoms with Crippen molar-refractivity contribution in [3.05, 3.63) is 29.3 Å². The Labute approximate surface area is 166 Å². The molecule has 0 spiro atoms. The number of piperidine rings is 1. The van der Waals surface area contributed by atoms with Crippen LogP contribution in [0.4, 0.5) is 15.6 Å². The molecule has 0 bridgehead atoms. The lowest BCUT2D eigenvalue weighted by molar-refractivity contribution is -0.129. The van der Waals surface area contributed by atoms with Gasteiger partial charge in [0.25, 0.3) is 0 Å².